The van der Waals surface area contributed by atoms with E-state index in [0.29, 0.717) is 6.04 Å². The molecule has 22 heavy (non-hydrogen) atoms. The zero-order valence-electron chi connectivity index (χ0n) is 13.0. The number of likely N-dealkylation sites (tertiary alicyclic amines) is 2. The Kier molecular flexibility index (Phi) is 4.95. The second-order valence-corrected chi connectivity index (χ2v) is 8.79. The first-order valence-corrected chi connectivity index (χ1v) is 10.2. The Morgan fingerprint density at radius 3 is 2.36 bits per heavy atom. The van der Waals surface area contributed by atoms with Crippen molar-refractivity contribution in [2.75, 3.05) is 43.1 Å². The van der Waals surface area contributed by atoms with E-state index in [2.05, 4.69) is 4.90 Å². The Balaban J connectivity index is 1.69. The van der Waals surface area contributed by atoms with Crippen molar-refractivity contribution in [3.05, 3.63) is 0 Å². The molecule has 1 amide bonds. The lowest BCUT2D eigenvalue weighted by molar-refractivity contribution is -0.146. The molecular formula is C15H24N2O3S2. The van der Waals surface area contributed by atoms with E-state index in [1.54, 1.807) is 11.9 Å². The molecule has 3 fully saturated rings. The maximum absolute atomic E-state index is 12.0. The summed E-state index contributed by atoms with van der Waals surface area (Å²) in [6.07, 6.45) is 1.75. The zero-order chi connectivity index (χ0) is 15.7. The Bertz CT molecular complexity index is 444. The number of carboxylic acids is 1. The standard InChI is InChI=1S/C15H24N2O3S2/c1-16-13(18)8-12(14(19)20)15(16)2-4-17(5-3-15)11-9-21-6-7-22-10-11/h11-12H,2-10H2,1H3,(H,19,20). The van der Waals surface area contributed by atoms with Crippen LogP contribution in [0, 0.1) is 5.92 Å². The van der Waals surface area contributed by atoms with E-state index in [-0.39, 0.29) is 12.3 Å². The summed E-state index contributed by atoms with van der Waals surface area (Å²) in [4.78, 5) is 27.9. The molecule has 7 heteroatoms. The van der Waals surface area contributed by atoms with Crippen LogP contribution < -0.4 is 0 Å². The molecule has 0 aliphatic carbocycles. The minimum Gasteiger partial charge on any atom is -0.481 e. The molecule has 1 unspecified atom stereocenters. The number of hydrogen-bond donors (Lipinski definition) is 1. The number of nitrogens with zero attached hydrogens (tertiary/aromatic N) is 2. The maximum atomic E-state index is 12.0. The van der Waals surface area contributed by atoms with Gasteiger partial charge < -0.3 is 10.0 Å². The summed E-state index contributed by atoms with van der Waals surface area (Å²) in [5.74, 6) is 3.46. The van der Waals surface area contributed by atoms with Crippen molar-refractivity contribution in [3.8, 4) is 0 Å². The Hall–Kier alpha value is -0.400. The van der Waals surface area contributed by atoms with Gasteiger partial charge in [0.1, 0.15) is 0 Å². The molecular weight excluding hydrogens is 320 g/mol. The van der Waals surface area contributed by atoms with E-state index >= 15 is 0 Å². The van der Waals surface area contributed by atoms with Gasteiger partial charge in [-0.2, -0.15) is 23.5 Å². The summed E-state index contributed by atoms with van der Waals surface area (Å²) in [7, 11) is 1.79. The minimum atomic E-state index is -0.813. The van der Waals surface area contributed by atoms with Crippen LogP contribution in [-0.4, -0.2) is 81.5 Å². The van der Waals surface area contributed by atoms with E-state index < -0.39 is 17.4 Å². The number of amides is 1. The number of hydrogen-bond acceptors (Lipinski definition) is 5. The monoisotopic (exact) mass is 344 g/mol. The van der Waals surface area contributed by atoms with Crippen molar-refractivity contribution < 1.29 is 14.7 Å². The van der Waals surface area contributed by atoms with Crippen LogP contribution in [-0.2, 0) is 9.59 Å². The van der Waals surface area contributed by atoms with Gasteiger partial charge in [0.05, 0.1) is 11.5 Å². The summed E-state index contributed by atoms with van der Waals surface area (Å²) in [5, 5.41) is 9.52. The fourth-order valence-electron chi connectivity index (χ4n) is 4.08. The lowest BCUT2D eigenvalue weighted by atomic mass is 9.77. The second-order valence-electron chi connectivity index (χ2n) is 6.49. The number of carbonyl (C=O) groups excluding carboxylic acids is 1. The highest BCUT2D eigenvalue weighted by atomic mass is 32.2. The Labute approximate surface area is 140 Å². The summed E-state index contributed by atoms with van der Waals surface area (Å²) >= 11 is 4.05. The van der Waals surface area contributed by atoms with Crippen LogP contribution in [0.5, 0.6) is 0 Å². The summed E-state index contributed by atoms with van der Waals surface area (Å²) in [6.45, 7) is 1.82. The normalized spacial score (nSPS) is 30.7. The molecule has 1 spiro atoms. The molecule has 0 aromatic heterocycles. The third kappa shape index (κ3) is 2.87. The van der Waals surface area contributed by atoms with E-state index in [4.69, 9.17) is 0 Å². The molecule has 124 valence electrons. The maximum Gasteiger partial charge on any atom is 0.309 e. The fraction of sp³-hybridized carbons (Fsp3) is 0.867. The highest BCUT2D eigenvalue weighted by Gasteiger charge is 2.55. The average Bonchev–Trinajstić information content (AvgIpc) is 2.72. The molecule has 0 radical (unpaired) electrons. The minimum absolute atomic E-state index is 0.0126. The van der Waals surface area contributed by atoms with Crippen LogP contribution in [0.2, 0.25) is 0 Å². The van der Waals surface area contributed by atoms with Gasteiger partial charge >= 0.3 is 5.97 Å². The summed E-state index contributed by atoms with van der Waals surface area (Å²) in [6, 6.07) is 0.598. The van der Waals surface area contributed by atoms with Crippen LogP contribution >= 0.6 is 23.5 Å². The zero-order valence-corrected chi connectivity index (χ0v) is 14.6. The molecule has 3 rings (SSSR count). The van der Waals surface area contributed by atoms with Crippen molar-refractivity contribution in [2.45, 2.75) is 30.8 Å². The van der Waals surface area contributed by atoms with Crippen LogP contribution in [0.1, 0.15) is 19.3 Å². The van der Waals surface area contributed by atoms with Crippen LogP contribution in [0.4, 0.5) is 0 Å². The first-order valence-electron chi connectivity index (χ1n) is 7.93. The van der Waals surface area contributed by atoms with Crippen molar-refractivity contribution in [1.29, 1.82) is 0 Å². The van der Waals surface area contributed by atoms with Gasteiger partial charge in [-0.05, 0) is 12.8 Å². The van der Waals surface area contributed by atoms with E-state index in [0.717, 1.165) is 25.9 Å². The van der Waals surface area contributed by atoms with E-state index in [1.165, 1.54) is 23.0 Å². The summed E-state index contributed by atoms with van der Waals surface area (Å²) < 4.78 is 0. The highest BCUT2D eigenvalue weighted by molar-refractivity contribution is 8.03. The van der Waals surface area contributed by atoms with Crippen molar-refractivity contribution in [2.24, 2.45) is 5.92 Å². The fourth-order valence-corrected chi connectivity index (χ4v) is 6.70. The molecule has 3 aliphatic heterocycles. The smallest absolute Gasteiger partial charge is 0.309 e. The summed E-state index contributed by atoms with van der Waals surface area (Å²) in [5.41, 5.74) is -0.454. The molecule has 3 heterocycles. The molecule has 0 aromatic rings. The third-order valence-corrected chi connectivity index (χ3v) is 8.03. The predicted molar refractivity (Wildman–Crippen MR) is 90.5 cm³/mol. The molecule has 3 aliphatic rings. The topological polar surface area (TPSA) is 60.9 Å². The van der Waals surface area contributed by atoms with Crippen LogP contribution in [0.25, 0.3) is 0 Å². The van der Waals surface area contributed by atoms with Gasteiger partial charge in [-0.25, -0.2) is 0 Å². The van der Waals surface area contributed by atoms with Gasteiger partial charge in [0, 0.05) is 55.6 Å². The molecule has 1 atom stereocenters. The Morgan fingerprint density at radius 1 is 1.23 bits per heavy atom. The van der Waals surface area contributed by atoms with Gasteiger partial charge in [0.25, 0.3) is 0 Å². The van der Waals surface area contributed by atoms with E-state index in [1.807, 2.05) is 23.5 Å². The van der Waals surface area contributed by atoms with Crippen LogP contribution in [0.3, 0.4) is 0 Å². The first-order chi connectivity index (χ1) is 10.5. The molecule has 0 aromatic carbocycles. The van der Waals surface area contributed by atoms with Crippen molar-refractivity contribution in [3.63, 3.8) is 0 Å². The quantitative estimate of drug-likeness (QED) is 0.813. The number of carboxylic acid groups (broad SMARTS) is 1. The highest BCUT2D eigenvalue weighted by Crippen LogP contribution is 2.43. The molecule has 0 saturated carbocycles. The van der Waals surface area contributed by atoms with Gasteiger partial charge in [-0.3, -0.25) is 14.5 Å². The number of thioether (sulfide) groups is 2. The van der Waals surface area contributed by atoms with Crippen LogP contribution in [0.15, 0.2) is 0 Å². The van der Waals surface area contributed by atoms with Gasteiger partial charge in [0.2, 0.25) is 5.91 Å². The third-order valence-electron chi connectivity index (χ3n) is 5.54. The van der Waals surface area contributed by atoms with E-state index in [9.17, 15) is 14.7 Å². The second kappa shape index (κ2) is 6.61. The Morgan fingerprint density at radius 2 is 1.82 bits per heavy atom. The largest absolute Gasteiger partial charge is 0.481 e. The molecule has 3 saturated heterocycles. The lowest BCUT2D eigenvalue weighted by Crippen LogP contribution is -2.58. The number of aliphatic carboxylic acids is 1. The average molecular weight is 345 g/mol. The lowest BCUT2D eigenvalue weighted by Gasteiger charge is -2.47. The van der Waals surface area contributed by atoms with Gasteiger partial charge in [-0.1, -0.05) is 0 Å². The SMILES string of the molecule is CN1C(=O)CC(C(=O)O)C12CCN(C1CSCCSC1)CC2. The van der Waals surface area contributed by atoms with Crippen molar-refractivity contribution >= 4 is 35.4 Å². The number of carbonyl (C=O) groups is 2. The van der Waals surface area contributed by atoms with Gasteiger partial charge in [0.15, 0.2) is 0 Å². The number of rotatable bonds is 2. The predicted octanol–water partition coefficient (Wildman–Crippen LogP) is 1.23. The molecule has 0 bridgehead atoms. The molecule has 5 nitrogen and oxygen atoms in total. The first kappa shape index (κ1) is 16.5. The van der Waals surface area contributed by atoms with Gasteiger partial charge in [-0.15, -0.1) is 0 Å². The molecule has 1 N–H and O–H groups in total. The van der Waals surface area contributed by atoms with Crippen molar-refractivity contribution in [1.82, 2.24) is 9.80 Å². The number of piperidine rings is 1.